The van der Waals surface area contributed by atoms with Gasteiger partial charge in [0.2, 0.25) is 0 Å². The topological polar surface area (TPSA) is 52.0 Å². The van der Waals surface area contributed by atoms with Crippen molar-refractivity contribution in [2.75, 3.05) is 6.54 Å². The fourth-order valence-corrected chi connectivity index (χ4v) is 1.67. The van der Waals surface area contributed by atoms with Crippen LogP contribution in [0.25, 0.3) is 0 Å². The van der Waals surface area contributed by atoms with Crippen LogP contribution in [-0.4, -0.2) is 6.54 Å². The zero-order valence-corrected chi connectivity index (χ0v) is 9.17. The van der Waals surface area contributed by atoms with Crippen LogP contribution >= 0.6 is 0 Å². The van der Waals surface area contributed by atoms with Crippen LogP contribution in [0.15, 0.2) is 18.2 Å². The van der Waals surface area contributed by atoms with E-state index in [-0.39, 0.29) is 11.9 Å². The molecule has 4 N–H and O–H groups in total. The molecule has 0 aromatic heterocycles. The average Bonchev–Trinajstić information content (AvgIpc) is 2.22. The van der Waals surface area contributed by atoms with Crippen molar-refractivity contribution in [2.45, 2.75) is 32.2 Å². The van der Waals surface area contributed by atoms with Crippen molar-refractivity contribution < 1.29 is 4.39 Å². The standard InChI is InChI=1S/C12H19FN2/c1-9-5-6-10(13)8-11(9)12(15)4-2-3-7-14/h5-6,8,12H,2-4,7,14-15H2,1H3/t12-/m0/s1. The first-order valence-electron chi connectivity index (χ1n) is 5.37. The van der Waals surface area contributed by atoms with Gasteiger partial charge in [-0.15, -0.1) is 0 Å². The van der Waals surface area contributed by atoms with Crippen molar-refractivity contribution in [1.29, 1.82) is 0 Å². The molecule has 1 atom stereocenters. The normalized spacial score (nSPS) is 12.8. The van der Waals surface area contributed by atoms with Crippen molar-refractivity contribution >= 4 is 0 Å². The molecule has 84 valence electrons. The quantitative estimate of drug-likeness (QED) is 0.732. The van der Waals surface area contributed by atoms with Gasteiger partial charge in [0.05, 0.1) is 0 Å². The molecule has 0 aliphatic rings. The number of rotatable bonds is 5. The Balaban J connectivity index is 2.64. The van der Waals surface area contributed by atoms with E-state index in [1.54, 1.807) is 6.07 Å². The first kappa shape index (κ1) is 12.1. The van der Waals surface area contributed by atoms with Gasteiger partial charge in [-0.3, -0.25) is 0 Å². The fraction of sp³-hybridized carbons (Fsp3) is 0.500. The largest absolute Gasteiger partial charge is 0.330 e. The molecule has 0 bridgehead atoms. The highest BCUT2D eigenvalue weighted by Gasteiger charge is 2.09. The summed E-state index contributed by atoms with van der Waals surface area (Å²) >= 11 is 0. The lowest BCUT2D eigenvalue weighted by molar-refractivity contribution is 0.577. The van der Waals surface area contributed by atoms with Gasteiger partial charge in [0.25, 0.3) is 0 Å². The molecule has 1 rings (SSSR count). The molecule has 0 amide bonds. The van der Waals surface area contributed by atoms with Gasteiger partial charge < -0.3 is 11.5 Å². The molecular formula is C12H19FN2. The number of hydrogen-bond donors (Lipinski definition) is 2. The van der Waals surface area contributed by atoms with Crippen molar-refractivity contribution in [3.8, 4) is 0 Å². The van der Waals surface area contributed by atoms with Crippen molar-refractivity contribution in [3.63, 3.8) is 0 Å². The van der Waals surface area contributed by atoms with Gasteiger partial charge >= 0.3 is 0 Å². The second-order valence-corrected chi connectivity index (χ2v) is 3.89. The average molecular weight is 210 g/mol. The number of unbranched alkanes of at least 4 members (excludes halogenated alkanes) is 1. The maximum absolute atomic E-state index is 13.0. The smallest absolute Gasteiger partial charge is 0.123 e. The van der Waals surface area contributed by atoms with Crippen molar-refractivity contribution in [2.24, 2.45) is 11.5 Å². The predicted molar refractivity (Wildman–Crippen MR) is 61.0 cm³/mol. The lowest BCUT2D eigenvalue weighted by atomic mass is 9.97. The molecule has 1 aromatic carbocycles. The summed E-state index contributed by atoms with van der Waals surface area (Å²) in [6.07, 6.45) is 2.83. The molecule has 0 spiro atoms. The number of hydrogen-bond acceptors (Lipinski definition) is 2. The Labute approximate surface area is 90.5 Å². The number of aryl methyl sites for hydroxylation is 1. The van der Waals surface area contributed by atoms with E-state index < -0.39 is 0 Å². The minimum Gasteiger partial charge on any atom is -0.330 e. The van der Waals surface area contributed by atoms with E-state index >= 15 is 0 Å². The highest BCUT2D eigenvalue weighted by atomic mass is 19.1. The van der Waals surface area contributed by atoms with E-state index in [9.17, 15) is 4.39 Å². The summed E-state index contributed by atoms with van der Waals surface area (Å²) in [7, 11) is 0. The summed E-state index contributed by atoms with van der Waals surface area (Å²) in [4.78, 5) is 0. The zero-order valence-electron chi connectivity index (χ0n) is 9.17. The van der Waals surface area contributed by atoms with Crippen LogP contribution in [-0.2, 0) is 0 Å². The van der Waals surface area contributed by atoms with Crippen LogP contribution < -0.4 is 11.5 Å². The summed E-state index contributed by atoms with van der Waals surface area (Å²) in [5, 5.41) is 0. The SMILES string of the molecule is Cc1ccc(F)cc1[C@@H](N)CCCCN. The Bertz CT molecular complexity index is 312. The van der Waals surface area contributed by atoms with E-state index in [0.717, 1.165) is 30.4 Å². The maximum Gasteiger partial charge on any atom is 0.123 e. The summed E-state index contributed by atoms with van der Waals surface area (Å²) in [5.41, 5.74) is 13.4. The molecule has 0 unspecified atom stereocenters. The van der Waals surface area contributed by atoms with Crippen LogP contribution in [0.4, 0.5) is 4.39 Å². The first-order valence-corrected chi connectivity index (χ1v) is 5.37. The second kappa shape index (κ2) is 5.83. The van der Waals surface area contributed by atoms with E-state index in [2.05, 4.69) is 0 Å². The molecule has 0 aliphatic heterocycles. The van der Waals surface area contributed by atoms with Gasteiger partial charge in [-0.1, -0.05) is 12.5 Å². The molecule has 0 radical (unpaired) electrons. The molecule has 15 heavy (non-hydrogen) atoms. The van der Waals surface area contributed by atoms with Crippen molar-refractivity contribution in [3.05, 3.63) is 35.1 Å². The van der Waals surface area contributed by atoms with Gasteiger partial charge in [-0.05, 0) is 49.6 Å². The third-order valence-corrected chi connectivity index (χ3v) is 2.61. The summed E-state index contributed by atoms with van der Waals surface area (Å²) < 4.78 is 13.0. The van der Waals surface area contributed by atoms with Crippen LogP contribution in [0, 0.1) is 12.7 Å². The van der Waals surface area contributed by atoms with E-state index in [4.69, 9.17) is 11.5 Å². The van der Waals surface area contributed by atoms with Gasteiger partial charge in [-0.25, -0.2) is 4.39 Å². The Morgan fingerprint density at radius 3 is 2.73 bits per heavy atom. The lowest BCUT2D eigenvalue weighted by Crippen LogP contribution is -2.12. The minimum absolute atomic E-state index is 0.0766. The number of nitrogens with two attached hydrogens (primary N) is 2. The van der Waals surface area contributed by atoms with Crippen molar-refractivity contribution in [1.82, 2.24) is 0 Å². The third kappa shape index (κ3) is 3.61. The van der Waals surface area contributed by atoms with Gasteiger partial charge in [0, 0.05) is 6.04 Å². The Morgan fingerprint density at radius 1 is 1.33 bits per heavy atom. The highest BCUT2D eigenvalue weighted by Crippen LogP contribution is 2.21. The Hall–Kier alpha value is -0.930. The molecule has 0 saturated carbocycles. The van der Waals surface area contributed by atoms with Gasteiger partial charge in [0.1, 0.15) is 5.82 Å². The lowest BCUT2D eigenvalue weighted by Gasteiger charge is -2.14. The molecule has 0 saturated heterocycles. The molecule has 3 heteroatoms. The summed E-state index contributed by atoms with van der Waals surface area (Å²) in [6, 6.07) is 4.69. The molecular weight excluding hydrogens is 191 g/mol. The maximum atomic E-state index is 13.0. The molecule has 0 fully saturated rings. The van der Waals surface area contributed by atoms with Crippen LogP contribution in [0.1, 0.15) is 36.4 Å². The minimum atomic E-state index is -0.218. The highest BCUT2D eigenvalue weighted by molar-refractivity contribution is 5.29. The van der Waals surface area contributed by atoms with Crippen LogP contribution in [0.3, 0.4) is 0 Å². The molecule has 2 nitrogen and oxygen atoms in total. The van der Waals surface area contributed by atoms with E-state index in [1.807, 2.05) is 6.92 Å². The monoisotopic (exact) mass is 210 g/mol. The summed E-state index contributed by atoms with van der Waals surface area (Å²) in [6.45, 7) is 2.65. The Morgan fingerprint density at radius 2 is 2.07 bits per heavy atom. The van der Waals surface area contributed by atoms with Crippen LogP contribution in [0.5, 0.6) is 0 Å². The molecule has 1 aromatic rings. The van der Waals surface area contributed by atoms with Gasteiger partial charge in [0.15, 0.2) is 0 Å². The third-order valence-electron chi connectivity index (χ3n) is 2.61. The van der Waals surface area contributed by atoms with Crippen LogP contribution in [0.2, 0.25) is 0 Å². The van der Waals surface area contributed by atoms with Gasteiger partial charge in [-0.2, -0.15) is 0 Å². The number of halogens is 1. The Kier molecular flexibility index (Phi) is 4.72. The number of benzene rings is 1. The van der Waals surface area contributed by atoms with E-state index in [1.165, 1.54) is 12.1 Å². The zero-order chi connectivity index (χ0) is 11.3. The fourth-order valence-electron chi connectivity index (χ4n) is 1.67. The predicted octanol–water partition coefficient (Wildman–Crippen LogP) is 2.26. The first-order chi connectivity index (χ1) is 7.15. The second-order valence-electron chi connectivity index (χ2n) is 3.89. The van der Waals surface area contributed by atoms with E-state index in [0.29, 0.717) is 6.54 Å². The molecule has 0 aliphatic carbocycles. The molecule has 0 heterocycles. The summed E-state index contributed by atoms with van der Waals surface area (Å²) in [5.74, 6) is -0.218.